The Balaban J connectivity index is 1.76. The van der Waals surface area contributed by atoms with Crippen LogP contribution >= 0.6 is 34.8 Å². The van der Waals surface area contributed by atoms with Crippen LogP contribution in [0.4, 0.5) is 0 Å². The van der Waals surface area contributed by atoms with Crippen LogP contribution < -0.4 is 10.4 Å². The van der Waals surface area contributed by atoms with Crippen molar-refractivity contribution in [2.75, 3.05) is 0 Å². The first-order valence-electron chi connectivity index (χ1n) is 8.41. The number of halogens is 3. The van der Waals surface area contributed by atoms with Gasteiger partial charge in [-0.2, -0.15) is 0 Å². The molecule has 28 heavy (non-hydrogen) atoms. The summed E-state index contributed by atoms with van der Waals surface area (Å²) in [6.07, 6.45) is 0. The van der Waals surface area contributed by atoms with E-state index in [2.05, 4.69) is 0 Å². The molecule has 0 N–H and O–H groups in total. The Morgan fingerprint density at radius 1 is 0.821 bits per heavy atom. The first kappa shape index (κ1) is 18.9. The van der Waals surface area contributed by atoms with Crippen molar-refractivity contribution in [2.45, 2.75) is 6.61 Å². The number of hydrogen-bond donors (Lipinski definition) is 0. The molecule has 3 aromatic carbocycles. The summed E-state index contributed by atoms with van der Waals surface area (Å²) in [7, 11) is 0. The van der Waals surface area contributed by atoms with Crippen molar-refractivity contribution in [2.24, 2.45) is 0 Å². The molecule has 0 spiro atoms. The average molecular weight is 432 g/mol. The molecule has 0 aliphatic carbocycles. The van der Waals surface area contributed by atoms with Crippen molar-refractivity contribution in [3.05, 3.63) is 97.8 Å². The maximum Gasteiger partial charge on any atom is 0.336 e. The van der Waals surface area contributed by atoms with Gasteiger partial charge in [-0.25, -0.2) is 4.79 Å². The minimum absolute atomic E-state index is 0.131. The minimum Gasteiger partial charge on any atom is -0.487 e. The van der Waals surface area contributed by atoms with Crippen LogP contribution in [-0.2, 0) is 6.61 Å². The molecule has 0 aliphatic rings. The summed E-state index contributed by atoms with van der Waals surface area (Å²) in [4.78, 5) is 12.1. The van der Waals surface area contributed by atoms with E-state index in [0.29, 0.717) is 32.0 Å². The van der Waals surface area contributed by atoms with E-state index >= 15 is 0 Å². The minimum atomic E-state index is -0.450. The topological polar surface area (TPSA) is 39.4 Å². The second-order valence-electron chi connectivity index (χ2n) is 6.11. The lowest BCUT2D eigenvalue weighted by atomic mass is 10.0. The number of rotatable bonds is 4. The van der Waals surface area contributed by atoms with E-state index in [4.69, 9.17) is 44.0 Å². The lowest BCUT2D eigenvalue weighted by molar-refractivity contribution is 0.306. The highest BCUT2D eigenvalue weighted by Crippen LogP contribution is 2.36. The number of hydrogen-bond acceptors (Lipinski definition) is 3. The van der Waals surface area contributed by atoms with Crippen LogP contribution in [0.2, 0.25) is 15.1 Å². The fraction of sp³-hybridized carbons (Fsp3) is 0.0455. The highest BCUT2D eigenvalue weighted by molar-refractivity contribution is 6.36. The molecule has 0 amide bonds. The van der Waals surface area contributed by atoms with Crippen LogP contribution in [0.3, 0.4) is 0 Å². The van der Waals surface area contributed by atoms with E-state index in [1.54, 1.807) is 30.3 Å². The van der Waals surface area contributed by atoms with Gasteiger partial charge in [-0.3, -0.25) is 0 Å². The maximum atomic E-state index is 12.1. The smallest absolute Gasteiger partial charge is 0.336 e. The molecule has 0 aliphatic heterocycles. The van der Waals surface area contributed by atoms with Crippen molar-refractivity contribution < 1.29 is 9.15 Å². The fourth-order valence-electron chi connectivity index (χ4n) is 2.95. The van der Waals surface area contributed by atoms with E-state index in [9.17, 15) is 4.79 Å². The largest absolute Gasteiger partial charge is 0.487 e. The Labute approximate surface area is 176 Å². The zero-order valence-corrected chi connectivity index (χ0v) is 16.7. The van der Waals surface area contributed by atoms with Crippen LogP contribution in [0, 0.1) is 0 Å². The Bertz CT molecular complexity index is 1200. The first-order chi connectivity index (χ1) is 13.5. The summed E-state index contributed by atoms with van der Waals surface area (Å²) < 4.78 is 11.2. The summed E-state index contributed by atoms with van der Waals surface area (Å²) in [6.45, 7) is 0.131. The van der Waals surface area contributed by atoms with Crippen LogP contribution in [0.25, 0.3) is 22.1 Å². The van der Waals surface area contributed by atoms with Gasteiger partial charge in [0.2, 0.25) is 0 Å². The molecule has 1 aromatic heterocycles. The standard InChI is InChI=1S/C22H13Cl3O3/c23-17-7-4-8-18(24)16(17)12-27-21-11-20-15(9-19(21)25)14(10-22(26)28-20)13-5-2-1-3-6-13/h1-11H,12H2. The van der Waals surface area contributed by atoms with E-state index in [1.165, 1.54) is 6.07 Å². The van der Waals surface area contributed by atoms with E-state index in [1.807, 2.05) is 30.3 Å². The van der Waals surface area contributed by atoms with Crippen LogP contribution in [0.15, 0.2) is 75.9 Å². The average Bonchev–Trinajstić information content (AvgIpc) is 2.68. The van der Waals surface area contributed by atoms with Gasteiger partial charge in [0, 0.05) is 33.1 Å². The Kier molecular flexibility index (Phi) is 5.31. The predicted octanol–water partition coefficient (Wildman–Crippen LogP) is 7.00. The fourth-order valence-corrected chi connectivity index (χ4v) is 3.68. The van der Waals surface area contributed by atoms with E-state index in [-0.39, 0.29) is 6.61 Å². The third-order valence-corrected chi connectivity index (χ3v) is 5.32. The second kappa shape index (κ2) is 7.88. The summed E-state index contributed by atoms with van der Waals surface area (Å²) in [5, 5.41) is 2.12. The van der Waals surface area contributed by atoms with Crippen LogP contribution in [-0.4, -0.2) is 0 Å². The number of fused-ring (bicyclic) bond motifs is 1. The first-order valence-corrected chi connectivity index (χ1v) is 9.55. The molecular weight excluding hydrogens is 419 g/mol. The van der Waals surface area contributed by atoms with Gasteiger partial charge in [-0.05, 0) is 29.3 Å². The van der Waals surface area contributed by atoms with E-state index in [0.717, 1.165) is 16.5 Å². The van der Waals surface area contributed by atoms with Gasteiger partial charge in [0.1, 0.15) is 17.9 Å². The van der Waals surface area contributed by atoms with Crippen molar-refractivity contribution in [1.29, 1.82) is 0 Å². The second-order valence-corrected chi connectivity index (χ2v) is 7.33. The molecule has 3 nitrogen and oxygen atoms in total. The number of ether oxygens (including phenoxy) is 1. The maximum absolute atomic E-state index is 12.1. The van der Waals surface area contributed by atoms with Gasteiger partial charge in [0.25, 0.3) is 0 Å². The molecule has 0 radical (unpaired) electrons. The molecule has 0 unspecified atom stereocenters. The molecule has 4 aromatic rings. The Hall–Kier alpha value is -2.46. The van der Waals surface area contributed by atoms with Gasteiger partial charge in [-0.15, -0.1) is 0 Å². The van der Waals surface area contributed by atoms with Gasteiger partial charge in [0.05, 0.1) is 5.02 Å². The molecule has 0 bridgehead atoms. The lowest BCUT2D eigenvalue weighted by Crippen LogP contribution is -2.01. The van der Waals surface area contributed by atoms with Crippen molar-refractivity contribution >= 4 is 45.8 Å². The zero-order valence-electron chi connectivity index (χ0n) is 14.4. The molecule has 0 saturated carbocycles. The number of benzene rings is 3. The highest BCUT2D eigenvalue weighted by atomic mass is 35.5. The molecule has 0 saturated heterocycles. The Morgan fingerprint density at radius 3 is 2.25 bits per heavy atom. The predicted molar refractivity (Wildman–Crippen MR) is 114 cm³/mol. The quantitative estimate of drug-likeness (QED) is 0.327. The van der Waals surface area contributed by atoms with Gasteiger partial charge < -0.3 is 9.15 Å². The van der Waals surface area contributed by atoms with E-state index < -0.39 is 5.63 Å². The summed E-state index contributed by atoms with van der Waals surface area (Å²) in [5.74, 6) is 0.374. The SMILES string of the molecule is O=c1cc(-c2ccccc2)c2cc(Cl)c(OCc3c(Cl)cccc3Cl)cc2o1. The molecule has 140 valence electrons. The lowest BCUT2D eigenvalue weighted by Gasteiger charge is -2.12. The van der Waals surface area contributed by atoms with Crippen LogP contribution in [0.5, 0.6) is 5.75 Å². The highest BCUT2D eigenvalue weighted by Gasteiger charge is 2.14. The molecule has 6 heteroatoms. The molecule has 0 fully saturated rings. The molecule has 4 rings (SSSR count). The van der Waals surface area contributed by atoms with Gasteiger partial charge in [0.15, 0.2) is 0 Å². The Morgan fingerprint density at radius 2 is 1.54 bits per heavy atom. The van der Waals surface area contributed by atoms with Crippen molar-refractivity contribution in [3.63, 3.8) is 0 Å². The third-order valence-electron chi connectivity index (χ3n) is 4.32. The van der Waals surface area contributed by atoms with Gasteiger partial charge >= 0.3 is 5.63 Å². The summed E-state index contributed by atoms with van der Waals surface area (Å²) in [6, 6.07) is 19.6. The normalized spacial score (nSPS) is 11.0. The molecular formula is C22H13Cl3O3. The van der Waals surface area contributed by atoms with Crippen LogP contribution in [0.1, 0.15) is 5.56 Å². The van der Waals surface area contributed by atoms with Crippen molar-refractivity contribution in [3.8, 4) is 16.9 Å². The molecule has 1 heterocycles. The van der Waals surface area contributed by atoms with Gasteiger partial charge in [-0.1, -0.05) is 71.2 Å². The zero-order chi connectivity index (χ0) is 19.7. The molecule has 0 atom stereocenters. The summed E-state index contributed by atoms with van der Waals surface area (Å²) >= 11 is 18.8. The monoisotopic (exact) mass is 430 g/mol. The van der Waals surface area contributed by atoms with Crippen molar-refractivity contribution in [1.82, 2.24) is 0 Å². The third kappa shape index (κ3) is 3.74. The summed E-state index contributed by atoms with van der Waals surface area (Å²) in [5.41, 5.74) is 2.23.